The number of alkyl halides is 3. The first kappa shape index (κ1) is 25.4. The third-order valence-electron chi connectivity index (χ3n) is 6.19. The van der Waals surface area contributed by atoms with E-state index in [4.69, 9.17) is 4.74 Å². The SMILES string of the molecule is CCCCCC(CC)Nc1nnc2c(c1CNC)CCCOCc1cc(C(F)(F)F)ccc1-2. The standard InChI is InChI=1S/C25H35F3N4O/c1-4-6-7-9-19(5-2)30-24-22(15-29-3)21-10-8-13-33-16-17-14-18(25(26,27)28)11-12-20(17)23(21)31-32-24/h11-12,14,19,29H,4-10,13,15-16H2,1-3H3,(H,30,32). The van der Waals surface area contributed by atoms with E-state index in [1.165, 1.54) is 25.0 Å². The number of nitrogens with one attached hydrogen (secondary N) is 2. The maximum absolute atomic E-state index is 13.3. The number of anilines is 1. The van der Waals surface area contributed by atoms with Gasteiger partial charge in [0, 0.05) is 30.3 Å². The van der Waals surface area contributed by atoms with Crippen LogP contribution in [0.1, 0.15) is 74.6 Å². The van der Waals surface area contributed by atoms with Gasteiger partial charge < -0.3 is 15.4 Å². The highest BCUT2D eigenvalue weighted by Gasteiger charge is 2.32. The molecule has 0 bridgehead atoms. The lowest BCUT2D eigenvalue weighted by Gasteiger charge is -2.22. The molecule has 1 aliphatic heterocycles. The zero-order valence-corrected chi connectivity index (χ0v) is 19.8. The van der Waals surface area contributed by atoms with E-state index in [9.17, 15) is 13.2 Å². The fraction of sp³-hybridized carbons (Fsp3) is 0.600. The van der Waals surface area contributed by atoms with Crippen molar-refractivity contribution in [2.75, 3.05) is 19.0 Å². The van der Waals surface area contributed by atoms with Crippen LogP contribution < -0.4 is 10.6 Å². The molecule has 1 aromatic carbocycles. The second kappa shape index (κ2) is 11.8. The van der Waals surface area contributed by atoms with Crippen molar-refractivity contribution in [1.82, 2.24) is 15.5 Å². The molecule has 0 aliphatic carbocycles. The average Bonchev–Trinajstić information content (AvgIpc) is 2.87. The van der Waals surface area contributed by atoms with Gasteiger partial charge in [0.05, 0.1) is 17.9 Å². The molecule has 0 amide bonds. The molecular formula is C25H35F3N4O. The number of unbranched alkanes of at least 4 members (excludes halogenated alkanes) is 2. The summed E-state index contributed by atoms with van der Waals surface area (Å²) in [5.74, 6) is 0.764. The summed E-state index contributed by atoms with van der Waals surface area (Å²) >= 11 is 0. The molecule has 182 valence electrons. The van der Waals surface area contributed by atoms with E-state index in [-0.39, 0.29) is 6.61 Å². The fourth-order valence-corrected chi connectivity index (χ4v) is 4.34. The molecule has 0 saturated carbocycles. The third-order valence-corrected chi connectivity index (χ3v) is 6.19. The summed E-state index contributed by atoms with van der Waals surface area (Å²) < 4.78 is 45.6. The summed E-state index contributed by atoms with van der Waals surface area (Å²) in [7, 11) is 1.89. The van der Waals surface area contributed by atoms with Crippen LogP contribution in [0.3, 0.4) is 0 Å². The maximum Gasteiger partial charge on any atom is 0.416 e. The van der Waals surface area contributed by atoms with E-state index in [1.54, 1.807) is 0 Å². The Bertz CT molecular complexity index is 917. The lowest BCUT2D eigenvalue weighted by molar-refractivity contribution is -0.137. The van der Waals surface area contributed by atoms with Gasteiger partial charge in [-0.1, -0.05) is 39.2 Å². The van der Waals surface area contributed by atoms with E-state index in [2.05, 4.69) is 34.7 Å². The van der Waals surface area contributed by atoms with Gasteiger partial charge in [-0.15, -0.1) is 10.2 Å². The van der Waals surface area contributed by atoms with Crippen LogP contribution in [0.4, 0.5) is 19.0 Å². The lowest BCUT2D eigenvalue weighted by Crippen LogP contribution is -2.23. The smallest absolute Gasteiger partial charge is 0.377 e. The van der Waals surface area contributed by atoms with Crippen LogP contribution in [-0.2, 0) is 30.5 Å². The van der Waals surface area contributed by atoms with Crippen LogP contribution in [0.15, 0.2) is 18.2 Å². The highest BCUT2D eigenvalue weighted by Crippen LogP contribution is 2.36. The van der Waals surface area contributed by atoms with E-state index in [0.717, 1.165) is 55.1 Å². The van der Waals surface area contributed by atoms with Gasteiger partial charge in [-0.3, -0.25) is 0 Å². The summed E-state index contributed by atoms with van der Waals surface area (Å²) in [4.78, 5) is 0. The van der Waals surface area contributed by atoms with Crippen molar-refractivity contribution in [2.24, 2.45) is 0 Å². The molecule has 1 aliphatic rings. The van der Waals surface area contributed by atoms with Crippen molar-refractivity contribution in [3.05, 3.63) is 40.5 Å². The molecule has 0 spiro atoms. The van der Waals surface area contributed by atoms with Gasteiger partial charge in [-0.05, 0) is 56.0 Å². The minimum absolute atomic E-state index is 0.122. The van der Waals surface area contributed by atoms with E-state index < -0.39 is 11.7 Å². The second-order valence-corrected chi connectivity index (χ2v) is 8.66. The van der Waals surface area contributed by atoms with Crippen LogP contribution in [0, 0.1) is 0 Å². The van der Waals surface area contributed by atoms with Gasteiger partial charge in [-0.2, -0.15) is 13.2 Å². The number of aromatic nitrogens is 2. The molecule has 0 fully saturated rings. The summed E-state index contributed by atoms with van der Waals surface area (Å²) in [5, 5.41) is 15.9. The Hall–Kier alpha value is -2.19. The normalized spacial score (nSPS) is 15.1. The van der Waals surface area contributed by atoms with Crippen LogP contribution in [0.2, 0.25) is 0 Å². The topological polar surface area (TPSA) is 59.1 Å². The summed E-state index contributed by atoms with van der Waals surface area (Å²) in [6.07, 6.45) is 2.68. The van der Waals surface area contributed by atoms with Gasteiger partial charge in [0.15, 0.2) is 5.82 Å². The Kier molecular flexibility index (Phi) is 9.09. The predicted octanol–water partition coefficient (Wildman–Crippen LogP) is 6.12. The highest BCUT2D eigenvalue weighted by atomic mass is 19.4. The van der Waals surface area contributed by atoms with Crippen molar-refractivity contribution >= 4 is 5.82 Å². The molecule has 1 atom stereocenters. The number of benzene rings is 1. The van der Waals surface area contributed by atoms with Gasteiger partial charge in [0.2, 0.25) is 0 Å². The molecule has 5 nitrogen and oxygen atoms in total. The first-order chi connectivity index (χ1) is 15.9. The molecular weight excluding hydrogens is 429 g/mol. The van der Waals surface area contributed by atoms with Crippen molar-refractivity contribution in [2.45, 2.75) is 84.2 Å². The molecule has 2 N–H and O–H groups in total. The first-order valence-corrected chi connectivity index (χ1v) is 12.0. The number of nitrogens with zero attached hydrogens (tertiary/aromatic N) is 2. The Morgan fingerprint density at radius 1 is 1.15 bits per heavy atom. The second-order valence-electron chi connectivity index (χ2n) is 8.66. The zero-order valence-electron chi connectivity index (χ0n) is 19.8. The molecule has 2 aromatic rings. The summed E-state index contributed by atoms with van der Waals surface area (Å²) in [6.45, 7) is 5.56. The molecule has 3 rings (SSSR count). The monoisotopic (exact) mass is 464 g/mol. The minimum Gasteiger partial charge on any atom is -0.377 e. The third kappa shape index (κ3) is 6.44. The molecule has 8 heteroatoms. The van der Waals surface area contributed by atoms with Gasteiger partial charge in [-0.25, -0.2) is 0 Å². The number of fused-ring (bicyclic) bond motifs is 3. The van der Waals surface area contributed by atoms with Crippen molar-refractivity contribution in [1.29, 1.82) is 0 Å². The summed E-state index contributed by atoms with van der Waals surface area (Å²) in [6, 6.07) is 4.11. The Morgan fingerprint density at radius 3 is 2.67 bits per heavy atom. The minimum atomic E-state index is -4.40. The average molecular weight is 465 g/mol. The highest BCUT2D eigenvalue weighted by molar-refractivity contribution is 5.71. The van der Waals surface area contributed by atoms with Gasteiger partial charge in [0.25, 0.3) is 0 Å². The van der Waals surface area contributed by atoms with Crippen LogP contribution in [0.5, 0.6) is 0 Å². The van der Waals surface area contributed by atoms with Crippen LogP contribution in [-0.4, -0.2) is 29.9 Å². The molecule has 1 aromatic heterocycles. The van der Waals surface area contributed by atoms with E-state index in [0.29, 0.717) is 36.0 Å². The van der Waals surface area contributed by atoms with Gasteiger partial charge >= 0.3 is 6.18 Å². The van der Waals surface area contributed by atoms with Crippen LogP contribution in [0.25, 0.3) is 11.3 Å². The summed E-state index contributed by atoms with van der Waals surface area (Å²) in [5.41, 5.74) is 3.18. The van der Waals surface area contributed by atoms with Crippen molar-refractivity contribution in [3.8, 4) is 11.3 Å². The Labute approximate surface area is 194 Å². The molecule has 33 heavy (non-hydrogen) atoms. The van der Waals surface area contributed by atoms with Gasteiger partial charge in [0.1, 0.15) is 0 Å². The number of halogens is 3. The lowest BCUT2D eigenvalue weighted by atomic mass is 9.94. The molecule has 0 saturated heterocycles. The van der Waals surface area contributed by atoms with E-state index in [1.807, 2.05) is 7.05 Å². The van der Waals surface area contributed by atoms with Crippen LogP contribution >= 0.6 is 0 Å². The van der Waals surface area contributed by atoms with Crippen molar-refractivity contribution in [3.63, 3.8) is 0 Å². The quantitative estimate of drug-likeness (QED) is 0.438. The van der Waals surface area contributed by atoms with Crippen molar-refractivity contribution < 1.29 is 17.9 Å². The largest absolute Gasteiger partial charge is 0.416 e. The Morgan fingerprint density at radius 2 is 1.97 bits per heavy atom. The number of hydrogen-bond acceptors (Lipinski definition) is 5. The first-order valence-electron chi connectivity index (χ1n) is 12.0. The Balaban J connectivity index is 2.05. The molecule has 2 heterocycles. The number of ether oxygens (including phenoxy) is 1. The van der Waals surface area contributed by atoms with E-state index >= 15 is 0 Å². The number of hydrogen-bond donors (Lipinski definition) is 2. The molecule has 1 unspecified atom stereocenters. The maximum atomic E-state index is 13.3. The predicted molar refractivity (Wildman–Crippen MR) is 125 cm³/mol. The number of rotatable bonds is 9. The molecule has 0 radical (unpaired) electrons. The fourth-order valence-electron chi connectivity index (χ4n) is 4.34. The zero-order chi connectivity index (χ0) is 23.8.